The Labute approximate surface area is 256 Å². The summed E-state index contributed by atoms with van der Waals surface area (Å²) in [7, 11) is 0. The SMILES string of the molecule is C#CCCC(NC(=O)C(C)(COC(=O)C(C)(C)Br)COC(=O)C(C)(C)Br)C(=O)CCCC(=O)ON1C(=O)CCC1=O. The smallest absolute Gasteiger partial charge is 0.333 e. The summed E-state index contributed by atoms with van der Waals surface area (Å²) in [4.78, 5) is 91.2. The molecule has 3 amide bonds. The van der Waals surface area contributed by atoms with Crippen molar-refractivity contribution in [2.75, 3.05) is 13.2 Å². The van der Waals surface area contributed by atoms with E-state index in [2.05, 4.69) is 43.1 Å². The van der Waals surface area contributed by atoms with E-state index in [0.717, 1.165) is 0 Å². The standard InChI is InChI=1S/C27H36Br2N2O10/c1-7-8-10-17(18(32)11-9-12-21(35)41-31-19(33)13-14-20(31)34)30-22(36)27(6,15-39-23(37)25(2,3)28)16-40-24(38)26(4,5)29/h1,17H,8-16H2,2-6H3,(H,30,36). The topological polar surface area (TPSA) is 162 Å². The first-order valence-corrected chi connectivity index (χ1v) is 14.5. The second-order valence-corrected chi connectivity index (χ2v) is 14.8. The molecule has 228 valence electrons. The van der Waals surface area contributed by atoms with E-state index in [1.807, 2.05) is 0 Å². The lowest BCUT2D eigenvalue weighted by Crippen LogP contribution is -2.52. The molecule has 1 unspecified atom stereocenters. The van der Waals surface area contributed by atoms with Crippen molar-refractivity contribution in [1.82, 2.24) is 10.4 Å². The van der Waals surface area contributed by atoms with Crippen LogP contribution in [0.5, 0.6) is 0 Å². The van der Waals surface area contributed by atoms with E-state index in [0.29, 0.717) is 5.06 Å². The van der Waals surface area contributed by atoms with Crippen molar-refractivity contribution in [3.05, 3.63) is 0 Å². The van der Waals surface area contributed by atoms with Gasteiger partial charge in [-0.25, -0.2) is 4.79 Å². The number of ether oxygens (including phenoxy) is 2. The number of nitrogens with zero attached hydrogens (tertiary/aromatic N) is 1. The molecule has 1 aliphatic rings. The number of halogens is 2. The Balaban J connectivity index is 2.93. The number of ketones is 1. The van der Waals surface area contributed by atoms with Crippen LogP contribution in [0.2, 0.25) is 0 Å². The largest absolute Gasteiger partial charge is 0.463 e. The van der Waals surface area contributed by atoms with Crippen LogP contribution in [-0.2, 0) is 47.9 Å². The second-order valence-electron chi connectivity index (χ2n) is 10.8. The highest BCUT2D eigenvalue weighted by atomic mass is 79.9. The van der Waals surface area contributed by atoms with Crippen LogP contribution in [0.15, 0.2) is 0 Å². The van der Waals surface area contributed by atoms with Gasteiger partial charge in [-0.15, -0.1) is 17.4 Å². The van der Waals surface area contributed by atoms with Gasteiger partial charge >= 0.3 is 17.9 Å². The number of amides is 3. The van der Waals surface area contributed by atoms with Crippen LogP contribution in [0.4, 0.5) is 0 Å². The molecule has 1 fully saturated rings. The number of rotatable bonds is 16. The number of carbonyl (C=O) groups is 7. The molecule has 41 heavy (non-hydrogen) atoms. The maximum Gasteiger partial charge on any atom is 0.333 e. The summed E-state index contributed by atoms with van der Waals surface area (Å²) in [5, 5.41) is 3.05. The Hall–Kier alpha value is -2.79. The van der Waals surface area contributed by atoms with E-state index in [1.165, 1.54) is 6.92 Å². The van der Waals surface area contributed by atoms with Gasteiger partial charge in [-0.2, -0.15) is 0 Å². The highest BCUT2D eigenvalue weighted by Crippen LogP contribution is 2.25. The van der Waals surface area contributed by atoms with E-state index in [1.54, 1.807) is 27.7 Å². The van der Waals surface area contributed by atoms with E-state index < -0.39 is 74.7 Å². The number of hydrogen-bond donors (Lipinski definition) is 1. The van der Waals surface area contributed by atoms with Gasteiger partial charge in [0.2, 0.25) is 5.91 Å². The minimum atomic E-state index is -1.57. The van der Waals surface area contributed by atoms with Crippen molar-refractivity contribution in [1.29, 1.82) is 0 Å². The van der Waals surface area contributed by atoms with Crippen molar-refractivity contribution in [3.8, 4) is 12.3 Å². The minimum Gasteiger partial charge on any atom is -0.463 e. The van der Waals surface area contributed by atoms with Crippen molar-refractivity contribution in [3.63, 3.8) is 0 Å². The molecule has 1 N–H and O–H groups in total. The molecule has 1 heterocycles. The fourth-order valence-electron chi connectivity index (χ4n) is 3.23. The first kappa shape index (κ1) is 36.2. The van der Waals surface area contributed by atoms with Crippen molar-refractivity contribution in [2.45, 2.75) is 94.3 Å². The number of terminal acetylenes is 1. The van der Waals surface area contributed by atoms with Crippen LogP contribution in [-0.4, -0.2) is 74.4 Å². The van der Waals surface area contributed by atoms with Gasteiger partial charge < -0.3 is 19.6 Å². The number of esters is 2. The summed E-state index contributed by atoms with van der Waals surface area (Å²) in [6.07, 6.45) is 5.12. The van der Waals surface area contributed by atoms with Gasteiger partial charge in [0, 0.05) is 32.1 Å². The average molecular weight is 708 g/mol. The van der Waals surface area contributed by atoms with E-state index in [-0.39, 0.29) is 44.9 Å². The van der Waals surface area contributed by atoms with Gasteiger partial charge in [0.1, 0.15) is 27.3 Å². The molecule has 0 aromatic heterocycles. The third kappa shape index (κ3) is 11.9. The third-order valence-corrected chi connectivity index (χ3v) is 6.48. The summed E-state index contributed by atoms with van der Waals surface area (Å²) in [6, 6.07) is -1.05. The molecule has 0 bridgehead atoms. The third-order valence-electron chi connectivity index (χ3n) is 5.84. The number of Topliss-reactive ketones (excluding diaryl/α,β-unsaturated/α-hetero) is 1. The first-order valence-electron chi connectivity index (χ1n) is 12.9. The number of carbonyl (C=O) groups excluding carboxylic acids is 7. The lowest BCUT2D eigenvalue weighted by molar-refractivity contribution is -0.197. The number of hydroxylamine groups is 2. The molecule has 0 aromatic carbocycles. The molecule has 1 aliphatic heterocycles. The minimum absolute atomic E-state index is 0.0173. The van der Waals surface area contributed by atoms with Gasteiger partial charge in [-0.1, -0.05) is 31.9 Å². The predicted molar refractivity (Wildman–Crippen MR) is 152 cm³/mol. The van der Waals surface area contributed by atoms with Crippen molar-refractivity contribution >= 4 is 73.3 Å². The van der Waals surface area contributed by atoms with Crippen LogP contribution in [0.1, 0.15) is 79.6 Å². The summed E-state index contributed by atoms with van der Waals surface area (Å²) >= 11 is 6.38. The van der Waals surface area contributed by atoms with Crippen LogP contribution < -0.4 is 5.32 Å². The Bertz CT molecular complexity index is 1040. The van der Waals surface area contributed by atoms with E-state index in [9.17, 15) is 33.6 Å². The molecule has 0 radical (unpaired) electrons. The van der Waals surface area contributed by atoms with Crippen LogP contribution in [0.25, 0.3) is 0 Å². The number of alkyl halides is 2. The number of imide groups is 1. The van der Waals surface area contributed by atoms with Crippen LogP contribution in [0, 0.1) is 17.8 Å². The lowest BCUT2D eigenvalue weighted by Gasteiger charge is -2.31. The molecule has 1 atom stereocenters. The van der Waals surface area contributed by atoms with E-state index in [4.69, 9.17) is 20.7 Å². The van der Waals surface area contributed by atoms with Crippen LogP contribution in [0.3, 0.4) is 0 Å². The van der Waals surface area contributed by atoms with E-state index >= 15 is 0 Å². The quantitative estimate of drug-likeness (QED) is 0.109. The first-order chi connectivity index (χ1) is 18.8. The van der Waals surface area contributed by atoms with Gasteiger partial charge in [-0.05, 0) is 47.5 Å². The summed E-state index contributed by atoms with van der Waals surface area (Å²) < 4.78 is 8.57. The summed E-state index contributed by atoms with van der Waals surface area (Å²) in [5.74, 6) is -2.16. The monoisotopic (exact) mass is 706 g/mol. The maximum absolute atomic E-state index is 13.4. The molecule has 0 saturated carbocycles. The Morgan fingerprint density at radius 3 is 1.85 bits per heavy atom. The summed E-state index contributed by atoms with van der Waals surface area (Å²) in [6.45, 7) is 6.75. The zero-order valence-corrected chi connectivity index (χ0v) is 27.0. The second kappa shape index (κ2) is 15.4. The fraction of sp³-hybridized carbons (Fsp3) is 0.667. The van der Waals surface area contributed by atoms with Crippen molar-refractivity contribution < 1.29 is 47.9 Å². The van der Waals surface area contributed by atoms with Gasteiger partial charge in [-0.3, -0.25) is 28.8 Å². The molecular formula is C27H36Br2N2O10. The zero-order valence-electron chi connectivity index (χ0n) is 23.8. The summed E-state index contributed by atoms with van der Waals surface area (Å²) in [5.41, 5.74) is -1.57. The molecular weight excluding hydrogens is 672 g/mol. The predicted octanol–water partition coefficient (Wildman–Crippen LogP) is 2.67. The maximum atomic E-state index is 13.4. The highest BCUT2D eigenvalue weighted by Gasteiger charge is 2.41. The Kier molecular flexibility index (Phi) is 13.6. The average Bonchev–Trinajstić information content (AvgIpc) is 3.18. The number of nitrogens with one attached hydrogen (secondary N) is 1. The van der Waals surface area contributed by atoms with Crippen LogP contribution >= 0.6 is 31.9 Å². The fourth-order valence-corrected chi connectivity index (χ4v) is 3.45. The van der Waals surface area contributed by atoms with Crippen molar-refractivity contribution in [2.24, 2.45) is 5.41 Å². The Morgan fingerprint density at radius 2 is 1.41 bits per heavy atom. The van der Waals surface area contributed by atoms with Gasteiger partial charge in [0.25, 0.3) is 11.8 Å². The molecule has 0 aliphatic carbocycles. The molecule has 0 aromatic rings. The zero-order chi connectivity index (χ0) is 31.6. The molecule has 14 heteroatoms. The Morgan fingerprint density at radius 1 is 0.927 bits per heavy atom. The lowest BCUT2D eigenvalue weighted by atomic mass is 9.90. The molecule has 1 rings (SSSR count). The molecule has 0 spiro atoms. The highest BCUT2D eigenvalue weighted by molar-refractivity contribution is 9.10. The molecule has 12 nitrogen and oxygen atoms in total. The van der Waals surface area contributed by atoms with Gasteiger partial charge in [0.05, 0.1) is 6.04 Å². The normalized spacial score (nSPS) is 14.6. The molecule has 1 saturated heterocycles. The van der Waals surface area contributed by atoms with Gasteiger partial charge in [0.15, 0.2) is 5.78 Å². The number of hydrogen-bond acceptors (Lipinski definition) is 10.